The van der Waals surface area contributed by atoms with E-state index in [2.05, 4.69) is 28.7 Å². The molecule has 1 saturated carbocycles. The van der Waals surface area contributed by atoms with Gasteiger partial charge in [-0.15, -0.1) is 0 Å². The largest absolute Gasteiger partial charge is 0.478 e. The number of aromatic nitrogens is 2. The van der Waals surface area contributed by atoms with E-state index >= 15 is 0 Å². The molecule has 1 aliphatic carbocycles. The molecule has 0 radical (unpaired) electrons. The lowest BCUT2D eigenvalue weighted by molar-refractivity contribution is 0.304. The minimum absolute atomic E-state index is 0.374. The quantitative estimate of drug-likeness (QED) is 0.837. The molecule has 1 aliphatic rings. The van der Waals surface area contributed by atoms with Gasteiger partial charge in [0, 0.05) is 24.7 Å². The number of hydrogen-bond donors (Lipinski definition) is 1. The molecule has 1 fully saturated rings. The Hall–Kier alpha value is -1.36. The SMILES string of the molecule is CCCOc1cc(N(CCC)C2CCC(N)CC2)ncn1. The van der Waals surface area contributed by atoms with Gasteiger partial charge in [0.2, 0.25) is 5.88 Å². The molecule has 1 aromatic heterocycles. The molecule has 118 valence electrons. The van der Waals surface area contributed by atoms with E-state index in [0.717, 1.165) is 50.9 Å². The van der Waals surface area contributed by atoms with E-state index in [1.165, 1.54) is 0 Å². The highest BCUT2D eigenvalue weighted by Gasteiger charge is 2.25. The van der Waals surface area contributed by atoms with Crippen LogP contribution in [0.15, 0.2) is 12.4 Å². The smallest absolute Gasteiger partial charge is 0.218 e. The van der Waals surface area contributed by atoms with Crippen molar-refractivity contribution in [2.24, 2.45) is 5.73 Å². The first-order valence-corrected chi connectivity index (χ1v) is 8.21. The number of rotatable bonds is 7. The van der Waals surface area contributed by atoms with Crippen LogP contribution in [-0.2, 0) is 0 Å². The fourth-order valence-electron chi connectivity index (χ4n) is 2.91. The summed E-state index contributed by atoms with van der Waals surface area (Å²) < 4.78 is 5.63. The Labute approximate surface area is 127 Å². The maximum Gasteiger partial charge on any atom is 0.218 e. The summed E-state index contributed by atoms with van der Waals surface area (Å²) in [6, 6.07) is 2.89. The Kier molecular flexibility index (Phi) is 6.23. The lowest BCUT2D eigenvalue weighted by atomic mass is 9.90. The standard InChI is InChI=1S/C16H28N4O/c1-3-9-20(14-7-5-13(17)6-8-14)15-11-16(19-12-18-15)21-10-4-2/h11-14H,3-10,17H2,1-2H3. The molecule has 0 bridgehead atoms. The lowest BCUT2D eigenvalue weighted by Gasteiger charge is -2.36. The zero-order valence-electron chi connectivity index (χ0n) is 13.3. The fraction of sp³-hybridized carbons (Fsp3) is 0.750. The van der Waals surface area contributed by atoms with E-state index in [4.69, 9.17) is 10.5 Å². The van der Waals surface area contributed by atoms with E-state index in [-0.39, 0.29) is 0 Å². The van der Waals surface area contributed by atoms with Crippen LogP contribution < -0.4 is 15.4 Å². The van der Waals surface area contributed by atoms with E-state index in [9.17, 15) is 0 Å². The topological polar surface area (TPSA) is 64.3 Å². The van der Waals surface area contributed by atoms with E-state index < -0.39 is 0 Å². The van der Waals surface area contributed by atoms with Gasteiger partial charge in [0.15, 0.2) is 0 Å². The highest BCUT2D eigenvalue weighted by molar-refractivity contribution is 5.42. The summed E-state index contributed by atoms with van der Waals surface area (Å²) in [7, 11) is 0. The van der Waals surface area contributed by atoms with Gasteiger partial charge in [-0.2, -0.15) is 0 Å². The predicted octanol–water partition coefficient (Wildman–Crippen LogP) is 2.75. The van der Waals surface area contributed by atoms with Crippen LogP contribution >= 0.6 is 0 Å². The molecule has 0 amide bonds. The maximum absolute atomic E-state index is 6.02. The van der Waals surface area contributed by atoms with Crippen LogP contribution in [0.4, 0.5) is 5.82 Å². The molecular weight excluding hydrogens is 264 g/mol. The van der Waals surface area contributed by atoms with Crippen molar-refractivity contribution in [2.75, 3.05) is 18.1 Å². The number of ether oxygens (including phenoxy) is 1. The summed E-state index contributed by atoms with van der Waals surface area (Å²) in [5, 5.41) is 0. The molecular formula is C16H28N4O. The molecule has 5 heteroatoms. The van der Waals surface area contributed by atoms with Crippen LogP contribution in [0.3, 0.4) is 0 Å². The third-order valence-electron chi connectivity index (χ3n) is 4.02. The molecule has 0 spiro atoms. The number of hydrogen-bond acceptors (Lipinski definition) is 5. The molecule has 21 heavy (non-hydrogen) atoms. The van der Waals surface area contributed by atoms with Crippen molar-refractivity contribution in [3.8, 4) is 5.88 Å². The van der Waals surface area contributed by atoms with E-state index in [0.29, 0.717) is 24.6 Å². The molecule has 0 aromatic carbocycles. The zero-order chi connectivity index (χ0) is 15.1. The monoisotopic (exact) mass is 292 g/mol. The first kappa shape index (κ1) is 16.0. The van der Waals surface area contributed by atoms with Gasteiger partial charge in [0.1, 0.15) is 12.1 Å². The first-order valence-electron chi connectivity index (χ1n) is 8.21. The Morgan fingerprint density at radius 1 is 1.19 bits per heavy atom. The Balaban J connectivity index is 2.09. The number of nitrogens with zero attached hydrogens (tertiary/aromatic N) is 3. The summed E-state index contributed by atoms with van der Waals surface area (Å²) in [4.78, 5) is 11.1. The van der Waals surface area contributed by atoms with Gasteiger partial charge in [0.25, 0.3) is 0 Å². The average Bonchev–Trinajstić information content (AvgIpc) is 2.52. The van der Waals surface area contributed by atoms with E-state index in [1.54, 1.807) is 6.33 Å². The minimum atomic E-state index is 0.374. The van der Waals surface area contributed by atoms with E-state index in [1.807, 2.05) is 6.07 Å². The third-order valence-corrected chi connectivity index (χ3v) is 4.02. The average molecular weight is 292 g/mol. The van der Waals surface area contributed by atoms with Gasteiger partial charge in [-0.05, 0) is 38.5 Å². The van der Waals surface area contributed by atoms with Crippen LogP contribution in [-0.4, -0.2) is 35.2 Å². The highest BCUT2D eigenvalue weighted by atomic mass is 16.5. The predicted molar refractivity (Wildman–Crippen MR) is 85.7 cm³/mol. The van der Waals surface area contributed by atoms with Gasteiger partial charge in [0.05, 0.1) is 6.61 Å². The van der Waals surface area contributed by atoms with Crippen molar-refractivity contribution in [1.82, 2.24) is 9.97 Å². The van der Waals surface area contributed by atoms with Crippen LogP contribution in [0.5, 0.6) is 5.88 Å². The van der Waals surface area contributed by atoms with Crippen LogP contribution in [0.25, 0.3) is 0 Å². The first-order chi connectivity index (χ1) is 10.2. The second-order valence-corrected chi connectivity index (χ2v) is 5.82. The molecule has 0 atom stereocenters. The van der Waals surface area contributed by atoms with Gasteiger partial charge in [-0.3, -0.25) is 0 Å². The summed E-state index contributed by atoms with van der Waals surface area (Å²) in [5.74, 6) is 1.66. The molecule has 2 rings (SSSR count). The maximum atomic E-state index is 6.02. The molecule has 0 unspecified atom stereocenters. The number of anilines is 1. The van der Waals surface area contributed by atoms with Crippen LogP contribution in [0.1, 0.15) is 52.4 Å². The second-order valence-electron chi connectivity index (χ2n) is 5.82. The number of nitrogens with two attached hydrogens (primary N) is 1. The van der Waals surface area contributed by atoms with Crippen LogP contribution in [0, 0.1) is 0 Å². The van der Waals surface area contributed by atoms with Gasteiger partial charge in [-0.1, -0.05) is 13.8 Å². The van der Waals surface area contributed by atoms with Crippen molar-refractivity contribution >= 4 is 5.82 Å². The normalized spacial score (nSPS) is 22.0. The Bertz CT molecular complexity index is 418. The van der Waals surface area contributed by atoms with Gasteiger partial charge < -0.3 is 15.4 Å². The van der Waals surface area contributed by atoms with Crippen molar-refractivity contribution in [3.63, 3.8) is 0 Å². The van der Waals surface area contributed by atoms with Gasteiger partial charge in [-0.25, -0.2) is 9.97 Å². The van der Waals surface area contributed by atoms with Crippen molar-refractivity contribution in [2.45, 2.75) is 64.5 Å². The minimum Gasteiger partial charge on any atom is -0.478 e. The van der Waals surface area contributed by atoms with Crippen molar-refractivity contribution in [1.29, 1.82) is 0 Å². The molecule has 2 N–H and O–H groups in total. The summed E-state index contributed by atoms with van der Waals surface area (Å²) in [6.45, 7) is 6.01. The highest BCUT2D eigenvalue weighted by Crippen LogP contribution is 2.27. The van der Waals surface area contributed by atoms with Crippen molar-refractivity contribution < 1.29 is 4.74 Å². The molecule has 0 aliphatic heterocycles. The van der Waals surface area contributed by atoms with Crippen LogP contribution in [0.2, 0.25) is 0 Å². The Morgan fingerprint density at radius 3 is 2.62 bits per heavy atom. The summed E-state index contributed by atoms with van der Waals surface area (Å²) >= 11 is 0. The second kappa shape index (κ2) is 8.17. The Morgan fingerprint density at radius 2 is 1.95 bits per heavy atom. The fourth-order valence-corrected chi connectivity index (χ4v) is 2.91. The third kappa shape index (κ3) is 4.56. The van der Waals surface area contributed by atoms with Gasteiger partial charge >= 0.3 is 0 Å². The molecule has 1 aromatic rings. The van der Waals surface area contributed by atoms with Crippen molar-refractivity contribution in [3.05, 3.63) is 12.4 Å². The lowest BCUT2D eigenvalue weighted by Crippen LogP contribution is -2.41. The summed E-state index contributed by atoms with van der Waals surface area (Å²) in [6.07, 6.45) is 8.21. The zero-order valence-corrected chi connectivity index (χ0v) is 13.3. The summed E-state index contributed by atoms with van der Waals surface area (Å²) in [5.41, 5.74) is 6.02. The molecule has 0 saturated heterocycles. The molecule has 5 nitrogen and oxygen atoms in total. The molecule has 1 heterocycles.